The van der Waals surface area contributed by atoms with Gasteiger partial charge in [0.15, 0.2) is 0 Å². The minimum atomic E-state index is -0.829. The number of hydrogen-bond acceptors (Lipinski definition) is 7. The number of hydrogen-bond donors (Lipinski definition) is 1. The van der Waals surface area contributed by atoms with Crippen molar-refractivity contribution in [2.24, 2.45) is 17.8 Å². The first-order valence-electron chi connectivity index (χ1n) is 13.7. The minimum Gasteiger partial charge on any atom is -0.497 e. The highest BCUT2D eigenvalue weighted by Gasteiger charge is 2.75. The van der Waals surface area contributed by atoms with Gasteiger partial charge in [-0.25, -0.2) is 0 Å². The van der Waals surface area contributed by atoms with Gasteiger partial charge in [-0.05, 0) is 49.4 Å². The SMILES string of the molecule is C=CCCOC(=O)[C@@H]1[C@H]2C(=O)N([C@@H](CO)[C@@H](C)CC)C(C(=O)N(CC=C)c3ccc(OC)cc3)C23CC[C@H]1S3. The average molecular weight is 557 g/mol. The number of anilines is 1. The van der Waals surface area contributed by atoms with Crippen LogP contribution in [0.2, 0.25) is 0 Å². The van der Waals surface area contributed by atoms with Gasteiger partial charge in [0.25, 0.3) is 5.91 Å². The molecule has 2 unspecified atom stereocenters. The van der Waals surface area contributed by atoms with Gasteiger partial charge in [0.2, 0.25) is 5.91 Å². The van der Waals surface area contributed by atoms with E-state index in [-0.39, 0.29) is 48.7 Å². The zero-order valence-electron chi connectivity index (χ0n) is 23.1. The third-order valence-electron chi connectivity index (χ3n) is 8.62. The Hall–Kier alpha value is -2.78. The molecule has 4 rings (SSSR count). The molecule has 3 aliphatic heterocycles. The van der Waals surface area contributed by atoms with Crippen LogP contribution in [0.15, 0.2) is 49.6 Å². The number of esters is 1. The summed E-state index contributed by atoms with van der Waals surface area (Å²) in [4.78, 5) is 45.5. The lowest BCUT2D eigenvalue weighted by atomic mass is 9.71. The second-order valence-electron chi connectivity index (χ2n) is 10.6. The van der Waals surface area contributed by atoms with Crippen LogP contribution in [0, 0.1) is 17.8 Å². The van der Waals surface area contributed by atoms with Crippen molar-refractivity contribution in [3.05, 3.63) is 49.6 Å². The van der Waals surface area contributed by atoms with Crippen LogP contribution in [0.5, 0.6) is 5.75 Å². The van der Waals surface area contributed by atoms with Crippen LogP contribution in [0.3, 0.4) is 0 Å². The first kappa shape index (κ1) is 29.2. The van der Waals surface area contributed by atoms with E-state index in [1.54, 1.807) is 53.0 Å². The molecule has 3 fully saturated rings. The number of rotatable bonds is 13. The molecule has 9 heteroatoms. The van der Waals surface area contributed by atoms with Gasteiger partial charge < -0.3 is 24.4 Å². The van der Waals surface area contributed by atoms with Crippen LogP contribution in [-0.2, 0) is 19.1 Å². The number of carbonyl (C=O) groups excluding carboxylic acids is 3. The van der Waals surface area contributed by atoms with Crippen LogP contribution in [-0.4, -0.2) is 76.7 Å². The summed E-state index contributed by atoms with van der Waals surface area (Å²) in [6.07, 6.45) is 5.98. The number of carbonyl (C=O) groups is 3. The standard InChI is InChI=1S/C30H40N2O6S/c1-6-9-17-38-29(36)24-23-14-15-30(39-23)25(24)27(34)32(22(18-33)19(4)8-3)26(30)28(35)31(16-7-2)20-10-12-21(37-5)13-11-20/h6-7,10-13,19,22-26,33H,1-2,8-9,14-18H2,3-5H3/t19-,22-,23+,24-,25-,26?,30?/m0/s1. The summed E-state index contributed by atoms with van der Waals surface area (Å²) >= 11 is 1.59. The number of fused-ring (bicyclic) bond motifs is 1. The van der Waals surface area contributed by atoms with E-state index >= 15 is 0 Å². The fraction of sp³-hybridized carbons (Fsp3) is 0.567. The second kappa shape index (κ2) is 12.2. The Balaban J connectivity index is 1.78. The number of aliphatic hydroxyl groups excluding tert-OH is 1. The molecule has 0 aromatic heterocycles. The monoisotopic (exact) mass is 556 g/mol. The number of amides is 2. The number of thioether (sulfide) groups is 1. The zero-order valence-corrected chi connectivity index (χ0v) is 23.9. The van der Waals surface area contributed by atoms with Crippen molar-refractivity contribution in [3.63, 3.8) is 0 Å². The van der Waals surface area contributed by atoms with Crippen LogP contribution in [0.25, 0.3) is 0 Å². The lowest BCUT2D eigenvalue weighted by molar-refractivity contribution is -0.154. The molecule has 0 saturated carbocycles. The number of methoxy groups -OCH3 is 1. The van der Waals surface area contributed by atoms with Gasteiger partial charge >= 0.3 is 5.97 Å². The third kappa shape index (κ3) is 4.99. The number of aliphatic hydroxyl groups is 1. The molecule has 7 atom stereocenters. The largest absolute Gasteiger partial charge is 0.497 e. The van der Waals surface area contributed by atoms with Gasteiger partial charge in [0.05, 0.1) is 42.9 Å². The molecule has 1 aromatic carbocycles. The van der Waals surface area contributed by atoms with E-state index in [0.717, 1.165) is 12.8 Å². The highest BCUT2D eigenvalue weighted by atomic mass is 32.2. The molecule has 3 aliphatic rings. The maximum atomic E-state index is 14.6. The highest BCUT2D eigenvalue weighted by molar-refractivity contribution is 8.02. The molecule has 3 heterocycles. The van der Waals surface area contributed by atoms with E-state index < -0.39 is 28.7 Å². The summed E-state index contributed by atoms with van der Waals surface area (Å²) < 4.78 is 10.1. The molecule has 0 radical (unpaired) electrons. The summed E-state index contributed by atoms with van der Waals surface area (Å²) in [5, 5.41) is 10.4. The maximum Gasteiger partial charge on any atom is 0.310 e. The quantitative estimate of drug-likeness (QED) is 0.224. The maximum absolute atomic E-state index is 14.6. The van der Waals surface area contributed by atoms with Crippen molar-refractivity contribution in [1.82, 2.24) is 4.90 Å². The smallest absolute Gasteiger partial charge is 0.310 e. The van der Waals surface area contributed by atoms with Gasteiger partial charge in [0.1, 0.15) is 11.8 Å². The molecule has 0 aliphatic carbocycles. The van der Waals surface area contributed by atoms with Crippen molar-refractivity contribution in [2.45, 2.75) is 61.6 Å². The summed E-state index contributed by atoms with van der Waals surface area (Å²) in [5.41, 5.74) is 0.662. The summed E-state index contributed by atoms with van der Waals surface area (Å²) in [5.74, 6) is -1.52. The average Bonchev–Trinajstić information content (AvgIpc) is 3.59. The van der Waals surface area contributed by atoms with E-state index in [1.165, 1.54) is 0 Å². The number of likely N-dealkylation sites (tertiary alicyclic amines) is 1. The molecule has 8 nitrogen and oxygen atoms in total. The van der Waals surface area contributed by atoms with Crippen molar-refractivity contribution in [2.75, 3.05) is 31.8 Å². The lowest BCUT2D eigenvalue weighted by Crippen LogP contribution is -2.58. The lowest BCUT2D eigenvalue weighted by Gasteiger charge is -2.41. The first-order valence-corrected chi connectivity index (χ1v) is 14.6. The Bertz CT molecular complexity index is 1090. The van der Waals surface area contributed by atoms with Gasteiger partial charge in [-0.1, -0.05) is 32.4 Å². The van der Waals surface area contributed by atoms with Crippen molar-refractivity contribution in [1.29, 1.82) is 0 Å². The van der Waals surface area contributed by atoms with Crippen LogP contribution >= 0.6 is 11.8 Å². The zero-order chi connectivity index (χ0) is 28.3. The number of ether oxygens (including phenoxy) is 2. The molecule has 2 bridgehead atoms. The predicted octanol–water partition coefficient (Wildman–Crippen LogP) is 3.83. The molecule has 212 valence electrons. The van der Waals surface area contributed by atoms with Gasteiger partial charge in [-0.3, -0.25) is 14.4 Å². The minimum absolute atomic E-state index is 0.0430. The fourth-order valence-electron chi connectivity index (χ4n) is 6.51. The van der Waals surface area contributed by atoms with E-state index in [9.17, 15) is 19.5 Å². The molecule has 2 amide bonds. The Morgan fingerprint density at radius 2 is 2.00 bits per heavy atom. The van der Waals surface area contributed by atoms with Crippen molar-refractivity contribution in [3.8, 4) is 5.75 Å². The van der Waals surface area contributed by atoms with Gasteiger partial charge in [-0.2, -0.15) is 0 Å². The van der Waals surface area contributed by atoms with E-state index in [2.05, 4.69) is 13.2 Å². The van der Waals surface area contributed by atoms with E-state index in [0.29, 0.717) is 24.3 Å². The molecular formula is C30H40N2O6S. The summed E-state index contributed by atoms with van der Waals surface area (Å²) in [7, 11) is 1.58. The van der Waals surface area contributed by atoms with E-state index in [4.69, 9.17) is 9.47 Å². The fourth-order valence-corrected chi connectivity index (χ4v) is 8.70. The van der Waals surface area contributed by atoms with Gasteiger partial charge in [-0.15, -0.1) is 24.9 Å². The molecular weight excluding hydrogens is 516 g/mol. The van der Waals surface area contributed by atoms with Crippen molar-refractivity contribution < 1.29 is 29.0 Å². The third-order valence-corrected chi connectivity index (χ3v) is 10.6. The molecule has 3 saturated heterocycles. The van der Waals surface area contributed by atoms with Crippen LogP contribution in [0.4, 0.5) is 5.69 Å². The number of nitrogens with zero attached hydrogens (tertiary/aromatic N) is 2. The Morgan fingerprint density at radius 3 is 2.59 bits per heavy atom. The molecule has 1 spiro atoms. The Kier molecular flexibility index (Phi) is 9.11. The summed E-state index contributed by atoms with van der Waals surface area (Å²) in [6.45, 7) is 11.7. The van der Waals surface area contributed by atoms with Crippen LogP contribution < -0.4 is 9.64 Å². The predicted molar refractivity (Wildman–Crippen MR) is 153 cm³/mol. The first-order chi connectivity index (χ1) is 18.8. The van der Waals surface area contributed by atoms with Gasteiger partial charge in [0, 0.05) is 17.5 Å². The Labute approximate surface area is 235 Å². The molecule has 1 aromatic rings. The topological polar surface area (TPSA) is 96.4 Å². The molecule has 1 N–H and O–H groups in total. The molecule has 39 heavy (non-hydrogen) atoms. The second-order valence-corrected chi connectivity index (χ2v) is 12.2. The normalized spacial score (nSPS) is 28.5. The highest BCUT2D eigenvalue weighted by Crippen LogP contribution is 2.67. The van der Waals surface area contributed by atoms with Crippen LogP contribution in [0.1, 0.15) is 39.5 Å². The summed E-state index contributed by atoms with van der Waals surface area (Å²) in [6, 6.07) is 5.83. The Morgan fingerprint density at radius 1 is 1.28 bits per heavy atom. The van der Waals surface area contributed by atoms with E-state index in [1.807, 2.05) is 26.0 Å². The number of benzene rings is 1. The van der Waals surface area contributed by atoms with Crippen molar-refractivity contribution >= 4 is 35.2 Å².